The lowest BCUT2D eigenvalue weighted by molar-refractivity contribution is 0.0950. The molecule has 3 aromatic carbocycles. The van der Waals surface area contributed by atoms with Crippen LogP contribution in [0, 0.1) is 5.82 Å². The predicted molar refractivity (Wildman–Crippen MR) is 169 cm³/mol. The van der Waals surface area contributed by atoms with Crippen LogP contribution >= 0.6 is 11.3 Å². The highest BCUT2D eigenvalue weighted by Crippen LogP contribution is 2.39. The van der Waals surface area contributed by atoms with Crippen LogP contribution in [0.2, 0.25) is 0 Å². The zero-order valence-electron chi connectivity index (χ0n) is 24.0. The Bertz CT molecular complexity index is 1750. The Balaban J connectivity index is 1.12. The molecular formula is C34H35F2N5OS. The molecule has 5 aromatic rings. The highest BCUT2D eigenvalue weighted by molar-refractivity contribution is 7.23. The third-order valence-corrected chi connectivity index (χ3v) is 9.74. The Hall–Kier alpha value is -3.66. The van der Waals surface area contributed by atoms with Gasteiger partial charge in [-0.25, -0.2) is 13.8 Å². The van der Waals surface area contributed by atoms with Crippen LogP contribution in [-0.2, 0) is 0 Å². The van der Waals surface area contributed by atoms with Crippen molar-refractivity contribution in [3.63, 3.8) is 0 Å². The third-order valence-electron chi connectivity index (χ3n) is 8.73. The number of amides is 1. The minimum absolute atomic E-state index is 0.109. The summed E-state index contributed by atoms with van der Waals surface area (Å²) in [6.45, 7) is 3.97. The van der Waals surface area contributed by atoms with Gasteiger partial charge in [0.1, 0.15) is 12.0 Å². The summed E-state index contributed by atoms with van der Waals surface area (Å²) in [4.78, 5) is 20.8. The van der Waals surface area contributed by atoms with Crippen LogP contribution in [0.1, 0.15) is 54.1 Å². The summed E-state index contributed by atoms with van der Waals surface area (Å²) in [5.41, 5.74) is 5.39. The zero-order chi connectivity index (χ0) is 29.3. The number of imidazole rings is 1. The molecule has 43 heavy (non-hydrogen) atoms. The lowest BCUT2D eigenvalue weighted by atomic mass is 9.92. The van der Waals surface area contributed by atoms with Crippen LogP contribution in [0.5, 0.6) is 0 Å². The van der Waals surface area contributed by atoms with E-state index >= 15 is 4.39 Å². The number of piperidine rings is 1. The summed E-state index contributed by atoms with van der Waals surface area (Å²) in [7, 11) is 0. The highest BCUT2D eigenvalue weighted by atomic mass is 32.1. The van der Waals surface area contributed by atoms with Gasteiger partial charge in [0.15, 0.2) is 4.96 Å². The molecule has 2 N–H and O–H groups in total. The Morgan fingerprint density at radius 2 is 1.91 bits per heavy atom. The molecular weight excluding hydrogens is 564 g/mol. The number of carbonyl (C=O) groups is 1. The molecule has 0 aliphatic carbocycles. The van der Waals surface area contributed by atoms with Gasteiger partial charge in [0.05, 0.1) is 15.9 Å². The summed E-state index contributed by atoms with van der Waals surface area (Å²) in [6, 6.07) is 19.5. The zero-order valence-corrected chi connectivity index (χ0v) is 24.8. The number of nitrogens with zero attached hydrogens (tertiary/aromatic N) is 3. The molecule has 2 fully saturated rings. The molecule has 0 radical (unpaired) electrons. The fraction of sp³-hybridized carbons (Fsp3) is 0.353. The molecule has 7 rings (SSSR count). The van der Waals surface area contributed by atoms with Crippen LogP contribution in [0.15, 0.2) is 66.9 Å². The van der Waals surface area contributed by atoms with E-state index in [0.29, 0.717) is 36.2 Å². The number of hydrogen-bond donors (Lipinski definition) is 2. The second-order valence-electron chi connectivity index (χ2n) is 11.6. The third kappa shape index (κ3) is 5.81. The quantitative estimate of drug-likeness (QED) is 0.189. The lowest BCUT2D eigenvalue weighted by Gasteiger charge is -2.28. The number of hydrogen-bond acceptors (Lipinski definition) is 5. The minimum Gasteiger partial charge on any atom is -0.352 e. The van der Waals surface area contributed by atoms with Crippen LogP contribution in [-0.4, -0.2) is 59.1 Å². The van der Waals surface area contributed by atoms with E-state index in [0.717, 1.165) is 77.3 Å². The summed E-state index contributed by atoms with van der Waals surface area (Å²) in [6.07, 6.45) is 5.36. The SMILES string of the molecule is O=C(NCCCN1CCC(F)CC1)c1ccc2c(c1)sc1nc(-c3c(F)cc([C@H]4CCCN4)cc3-c3ccccc3)cn12. The summed E-state index contributed by atoms with van der Waals surface area (Å²) in [5, 5.41) is 6.51. The average Bonchev–Trinajstić information content (AvgIpc) is 3.77. The normalized spacial score (nSPS) is 18.1. The number of fused-ring (bicyclic) bond motifs is 3. The van der Waals surface area contributed by atoms with Gasteiger partial charge in [-0.15, -0.1) is 0 Å². The van der Waals surface area contributed by atoms with Gasteiger partial charge < -0.3 is 15.5 Å². The smallest absolute Gasteiger partial charge is 0.251 e. The monoisotopic (exact) mass is 599 g/mol. The van der Waals surface area contributed by atoms with Crippen molar-refractivity contribution in [2.75, 3.05) is 32.7 Å². The van der Waals surface area contributed by atoms with Crippen molar-refractivity contribution in [3.8, 4) is 22.4 Å². The molecule has 1 amide bonds. The first kappa shape index (κ1) is 28.1. The summed E-state index contributed by atoms with van der Waals surface area (Å²) in [5.74, 6) is -0.381. The number of nitrogens with one attached hydrogen (secondary N) is 2. The maximum absolute atomic E-state index is 15.9. The lowest BCUT2D eigenvalue weighted by Crippen LogP contribution is -2.36. The van der Waals surface area contributed by atoms with E-state index in [1.165, 1.54) is 11.3 Å². The van der Waals surface area contributed by atoms with Crippen LogP contribution in [0.3, 0.4) is 0 Å². The van der Waals surface area contributed by atoms with Crippen molar-refractivity contribution in [1.29, 1.82) is 0 Å². The van der Waals surface area contributed by atoms with Crippen molar-refractivity contribution in [1.82, 2.24) is 24.9 Å². The highest BCUT2D eigenvalue weighted by Gasteiger charge is 2.24. The number of thiazole rings is 1. The molecule has 2 saturated heterocycles. The van der Waals surface area contributed by atoms with Gasteiger partial charge >= 0.3 is 0 Å². The number of carbonyl (C=O) groups excluding carboxylic acids is 1. The maximum Gasteiger partial charge on any atom is 0.251 e. The fourth-order valence-corrected chi connectivity index (χ4v) is 7.45. The first-order chi connectivity index (χ1) is 21.0. The molecule has 2 aliphatic heterocycles. The first-order valence-electron chi connectivity index (χ1n) is 15.2. The second-order valence-corrected chi connectivity index (χ2v) is 12.6. The van der Waals surface area contributed by atoms with Crippen molar-refractivity contribution < 1.29 is 13.6 Å². The van der Waals surface area contributed by atoms with Crippen molar-refractivity contribution >= 4 is 32.4 Å². The van der Waals surface area contributed by atoms with Crippen LogP contribution < -0.4 is 10.6 Å². The Labute approximate surface area is 253 Å². The van der Waals surface area contributed by atoms with E-state index in [4.69, 9.17) is 4.98 Å². The van der Waals surface area contributed by atoms with Crippen LogP contribution in [0.4, 0.5) is 8.78 Å². The summed E-state index contributed by atoms with van der Waals surface area (Å²) >= 11 is 1.49. The van der Waals surface area contributed by atoms with E-state index in [1.807, 2.05) is 59.1 Å². The molecule has 2 aromatic heterocycles. The van der Waals surface area contributed by atoms with E-state index in [9.17, 15) is 9.18 Å². The van der Waals surface area contributed by atoms with E-state index < -0.39 is 6.17 Å². The Kier molecular flexibility index (Phi) is 7.95. The molecule has 222 valence electrons. The summed E-state index contributed by atoms with van der Waals surface area (Å²) < 4.78 is 32.2. The molecule has 0 unspecified atom stereocenters. The van der Waals surface area contributed by atoms with Gasteiger partial charge in [0, 0.05) is 43.0 Å². The van der Waals surface area contributed by atoms with Crippen molar-refractivity contribution in [2.24, 2.45) is 0 Å². The fourth-order valence-electron chi connectivity index (χ4n) is 6.40. The Morgan fingerprint density at radius 3 is 2.70 bits per heavy atom. The second kappa shape index (κ2) is 12.1. The maximum atomic E-state index is 15.9. The number of halogens is 2. The standard InChI is InChI=1S/C34H35F2N5OS/c35-25-11-16-40(17-12-25)15-5-14-38-33(42)23-9-10-30-31(20-23)43-34-39-29(21-41(30)34)32-26(22-6-2-1-3-7-22)18-24(19-27(32)36)28-8-4-13-37-28/h1-3,6-7,9-10,18-21,25,28,37H,4-5,8,11-17H2,(H,38,42)/t28-/m1/s1. The van der Waals surface area contributed by atoms with Gasteiger partial charge in [-0.2, -0.15) is 0 Å². The molecule has 9 heteroatoms. The molecule has 4 heterocycles. The number of alkyl halides is 1. The minimum atomic E-state index is -0.670. The number of rotatable bonds is 8. The van der Waals surface area contributed by atoms with Crippen LogP contribution in [0.25, 0.3) is 37.6 Å². The van der Waals surface area contributed by atoms with E-state index in [1.54, 1.807) is 6.07 Å². The molecule has 0 bridgehead atoms. The van der Waals surface area contributed by atoms with Gasteiger partial charge in [-0.05, 0) is 92.2 Å². The van der Waals surface area contributed by atoms with Gasteiger partial charge in [-0.3, -0.25) is 9.20 Å². The molecule has 0 saturated carbocycles. The molecule has 0 spiro atoms. The van der Waals surface area contributed by atoms with Gasteiger partial charge in [-0.1, -0.05) is 41.7 Å². The number of aromatic nitrogens is 2. The number of likely N-dealkylation sites (tertiary alicyclic amines) is 1. The van der Waals surface area contributed by atoms with Crippen molar-refractivity contribution in [3.05, 3.63) is 83.8 Å². The largest absolute Gasteiger partial charge is 0.352 e. The average molecular weight is 600 g/mol. The number of benzene rings is 3. The topological polar surface area (TPSA) is 61.7 Å². The van der Waals surface area contributed by atoms with E-state index in [-0.39, 0.29) is 17.8 Å². The predicted octanol–water partition coefficient (Wildman–Crippen LogP) is 7.00. The Morgan fingerprint density at radius 1 is 1.07 bits per heavy atom. The van der Waals surface area contributed by atoms with Crippen molar-refractivity contribution in [2.45, 2.75) is 44.3 Å². The molecule has 2 aliphatic rings. The molecule has 1 atom stereocenters. The molecule has 6 nitrogen and oxygen atoms in total. The first-order valence-corrected chi connectivity index (χ1v) is 16.0. The van der Waals surface area contributed by atoms with Gasteiger partial charge in [0.25, 0.3) is 5.91 Å². The van der Waals surface area contributed by atoms with Gasteiger partial charge in [0.2, 0.25) is 0 Å². The van der Waals surface area contributed by atoms with E-state index in [2.05, 4.69) is 21.6 Å².